The highest BCUT2D eigenvalue weighted by Gasteiger charge is 2.16. The van der Waals surface area contributed by atoms with Crippen LogP contribution >= 0.6 is 11.3 Å². The Labute approximate surface area is 126 Å². The second-order valence-electron chi connectivity index (χ2n) is 5.75. The maximum atomic E-state index is 5.69. The average molecular weight is 297 g/mol. The molecule has 20 heavy (non-hydrogen) atoms. The lowest BCUT2D eigenvalue weighted by Gasteiger charge is -2.21. The highest BCUT2D eigenvalue weighted by atomic mass is 32.1. The third kappa shape index (κ3) is 5.17. The van der Waals surface area contributed by atoms with Gasteiger partial charge in [0, 0.05) is 24.1 Å². The summed E-state index contributed by atoms with van der Waals surface area (Å²) in [6.45, 7) is 8.04. The molecule has 1 N–H and O–H groups in total. The van der Waals surface area contributed by atoms with Crippen LogP contribution < -0.4 is 5.32 Å². The third-order valence-electron chi connectivity index (χ3n) is 3.67. The summed E-state index contributed by atoms with van der Waals surface area (Å²) >= 11 is 1.83. The first kappa shape index (κ1) is 16.0. The third-order valence-corrected chi connectivity index (χ3v) is 4.63. The summed E-state index contributed by atoms with van der Waals surface area (Å²) in [5, 5.41) is 5.80. The molecule has 1 fully saturated rings. The van der Waals surface area contributed by atoms with Crippen LogP contribution in [0.3, 0.4) is 0 Å². The molecule has 0 amide bonds. The molecule has 1 aliphatic heterocycles. The molecule has 2 unspecified atom stereocenters. The average Bonchev–Trinajstić information content (AvgIpc) is 3.10. The fourth-order valence-electron chi connectivity index (χ4n) is 2.56. The van der Waals surface area contributed by atoms with E-state index in [9.17, 15) is 0 Å². The number of nitrogens with one attached hydrogen (secondary N) is 1. The van der Waals surface area contributed by atoms with Gasteiger partial charge in [0.15, 0.2) is 0 Å². The Kier molecular flexibility index (Phi) is 7.00. The molecule has 2 heterocycles. The van der Waals surface area contributed by atoms with Gasteiger partial charge in [-0.2, -0.15) is 0 Å². The van der Waals surface area contributed by atoms with Crippen molar-refractivity contribution in [2.75, 3.05) is 26.4 Å². The highest BCUT2D eigenvalue weighted by molar-refractivity contribution is 7.10. The summed E-state index contributed by atoms with van der Waals surface area (Å²) in [4.78, 5) is 1.43. The maximum absolute atomic E-state index is 5.69. The van der Waals surface area contributed by atoms with Crippen LogP contribution in [0.4, 0.5) is 0 Å². The molecule has 3 nitrogen and oxygen atoms in total. The molecule has 2 atom stereocenters. The number of hydrogen-bond acceptors (Lipinski definition) is 4. The number of hydrogen-bond donors (Lipinski definition) is 1. The minimum atomic E-state index is 0.345. The van der Waals surface area contributed by atoms with Crippen molar-refractivity contribution in [3.8, 4) is 0 Å². The van der Waals surface area contributed by atoms with E-state index >= 15 is 0 Å². The second kappa shape index (κ2) is 8.78. The van der Waals surface area contributed by atoms with Crippen molar-refractivity contribution in [3.05, 3.63) is 22.4 Å². The first-order chi connectivity index (χ1) is 9.77. The standard InChI is InChI=1S/C16H27NO2S/c1-13(2)16(15-7-4-11-20-15)17-8-5-9-18-12-14-6-3-10-19-14/h4,7,11,13-14,16-17H,3,5-6,8-10,12H2,1-2H3. The van der Waals surface area contributed by atoms with E-state index in [0.29, 0.717) is 18.1 Å². The van der Waals surface area contributed by atoms with Crippen LogP contribution in [0, 0.1) is 5.92 Å². The Hall–Kier alpha value is -0.420. The SMILES string of the molecule is CC(C)C(NCCCOCC1CCCO1)c1cccs1. The van der Waals surface area contributed by atoms with E-state index in [-0.39, 0.29) is 0 Å². The van der Waals surface area contributed by atoms with Crippen LogP contribution in [0.1, 0.15) is 44.0 Å². The Morgan fingerprint density at radius 3 is 3.05 bits per heavy atom. The molecular weight excluding hydrogens is 270 g/mol. The molecule has 0 saturated carbocycles. The van der Waals surface area contributed by atoms with Crippen molar-refractivity contribution in [2.45, 2.75) is 45.3 Å². The molecule has 0 radical (unpaired) electrons. The Balaban J connectivity index is 1.57. The minimum absolute atomic E-state index is 0.345. The zero-order valence-corrected chi connectivity index (χ0v) is 13.5. The fourth-order valence-corrected chi connectivity index (χ4v) is 3.53. The topological polar surface area (TPSA) is 30.5 Å². The monoisotopic (exact) mass is 297 g/mol. The molecule has 0 bridgehead atoms. The minimum Gasteiger partial charge on any atom is -0.379 e. The van der Waals surface area contributed by atoms with Gasteiger partial charge in [-0.25, -0.2) is 0 Å². The van der Waals surface area contributed by atoms with E-state index in [4.69, 9.17) is 9.47 Å². The lowest BCUT2D eigenvalue weighted by atomic mass is 10.0. The van der Waals surface area contributed by atoms with Crippen LogP contribution in [-0.2, 0) is 9.47 Å². The Morgan fingerprint density at radius 1 is 1.50 bits per heavy atom. The molecule has 1 aromatic heterocycles. The van der Waals surface area contributed by atoms with Gasteiger partial charge in [-0.3, -0.25) is 0 Å². The summed E-state index contributed by atoms with van der Waals surface area (Å²) in [6.07, 6.45) is 3.75. The molecule has 2 rings (SSSR count). The first-order valence-electron chi connectivity index (χ1n) is 7.73. The predicted octanol–water partition coefficient (Wildman–Crippen LogP) is 3.62. The number of thiophene rings is 1. The number of ether oxygens (including phenoxy) is 2. The summed E-state index contributed by atoms with van der Waals surface area (Å²) in [5.74, 6) is 0.612. The van der Waals surface area contributed by atoms with Gasteiger partial charge in [-0.05, 0) is 43.2 Å². The summed E-state index contributed by atoms with van der Waals surface area (Å²) in [5.41, 5.74) is 0. The van der Waals surface area contributed by atoms with Crippen molar-refractivity contribution in [2.24, 2.45) is 5.92 Å². The van der Waals surface area contributed by atoms with E-state index < -0.39 is 0 Å². The van der Waals surface area contributed by atoms with Gasteiger partial charge in [0.05, 0.1) is 12.7 Å². The first-order valence-corrected chi connectivity index (χ1v) is 8.61. The molecule has 4 heteroatoms. The van der Waals surface area contributed by atoms with Gasteiger partial charge in [0.2, 0.25) is 0 Å². The van der Waals surface area contributed by atoms with E-state index in [0.717, 1.165) is 39.2 Å². The molecule has 0 aromatic carbocycles. The van der Waals surface area contributed by atoms with Gasteiger partial charge < -0.3 is 14.8 Å². The van der Waals surface area contributed by atoms with Crippen LogP contribution in [0.25, 0.3) is 0 Å². The van der Waals surface area contributed by atoms with Gasteiger partial charge in [-0.15, -0.1) is 11.3 Å². The summed E-state index contributed by atoms with van der Waals surface area (Å²) in [6, 6.07) is 4.81. The molecule has 0 spiro atoms. The maximum Gasteiger partial charge on any atom is 0.0809 e. The largest absolute Gasteiger partial charge is 0.379 e. The Bertz CT molecular complexity index is 347. The Morgan fingerprint density at radius 2 is 2.40 bits per heavy atom. The predicted molar refractivity (Wildman–Crippen MR) is 84.3 cm³/mol. The molecule has 1 saturated heterocycles. The van der Waals surface area contributed by atoms with E-state index in [1.54, 1.807) is 0 Å². The van der Waals surface area contributed by atoms with E-state index in [1.165, 1.54) is 11.3 Å². The molecule has 1 aliphatic rings. The van der Waals surface area contributed by atoms with Crippen molar-refractivity contribution >= 4 is 11.3 Å². The quantitative estimate of drug-likeness (QED) is 0.706. The van der Waals surface area contributed by atoms with Gasteiger partial charge in [0.25, 0.3) is 0 Å². The number of rotatable bonds is 9. The van der Waals surface area contributed by atoms with Crippen molar-refractivity contribution in [1.82, 2.24) is 5.32 Å². The van der Waals surface area contributed by atoms with Gasteiger partial charge >= 0.3 is 0 Å². The summed E-state index contributed by atoms with van der Waals surface area (Å²) < 4.78 is 11.2. The van der Waals surface area contributed by atoms with Crippen molar-refractivity contribution < 1.29 is 9.47 Å². The van der Waals surface area contributed by atoms with Gasteiger partial charge in [-0.1, -0.05) is 19.9 Å². The molecule has 0 aliphatic carbocycles. The lowest BCUT2D eigenvalue weighted by molar-refractivity contribution is 0.0164. The van der Waals surface area contributed by atoms with Crippen molar-refractivity contribution in [3.63, 3.8) is 0 Å². The zero-order chi connectivity index (χ0) is 14.2. The van der Waals surface area contributed by atoms with Gasteiger partial charge in [0.1, 0.15) is 0 Å². The van der Waals surface area contributed by atoms with E-state index in [1.807, 2.05) is 11.3 Å². The lowest BCUT2D eigenvalue weighted by Crippen LogP contribution is -2.27. The van der Waals surface area contributed by atoms with Crippen LogP contribution in [-0.4, -0.2) is 32.5 Å². The van der Waals surface area contributed by atoms with Crippen LogP contribution in [0.15, 0.2) is 17.5 Å². The smallest absolute Gasteiger partial charge is 0.0809 e. The molecule has 114 valence electrons. The normalized spacial score (nSPS) is 20.6. The zero-order valence-electron chi connectivity index (χ0n) is 12.6. The van der Waals surface area contributed by atoms with Crippen LogP contribution in [0.5, 0.6) is 0 Å². The van der Waals surface area contributed by atoms with Crippen molar-refractivity contribution in [1.29, 1.82) is 0 Å². The highest BCUT2D eigenvalue weighted by Crippen LogP contribution is 2.25. The summed E-state index contributed by atoms with van der Waals surface area (Å²) in [7, 11) is 0. The molecule has 1 aromatic rings. The fraction of sp³-hybridized carbons (Fsp3) is 0.750. The second-order valence-corrected chi connectivity index (χ2v) is 6.73. The van der Waals surface area contributed by atoms with Crippen LogP contribution in [0.2, 0.25) is 0 Å². The van der Waals surface area contributed by atoms with E-state index in [2.05, 4.69) is 36.7 Å². The molecular formula is C16H27NO2S.